The van der Waals surface area contributed by atoms with Gasteiger partial charge < -0.3 is 5.32 Å². The van der Waals surface area contributed by atoms with E-state index in [0.717, 1.165) is 0 Å². The van der Waals surface area contributed by atoms with Crippen molar-refractivity contribution in [2.24, 2.45) is 5.11 Å². The third-order valence-corrected chi connectivity index (χ3v) is 2.95. The highest BCUT2D eigenvalue weighted by Crippen LogP contribution is 2.21. The second-order valence-corrected chi connectivity index (χ2v) is 3.98. The van der Waals surface area contributed by atoms with Crippen molar-refractivity contribution in [2.75, 3.05) is 13.1 Å². The number of halogens is 1. The fourth-order valence-corrected chi connectivity index (χ4v) is 1.99. The first kappa shape index (κ1) is 11.8. The minimum Gasteiger partial charge on any atom is -0.351 e. The summed E-state index contributed by atoms with van der Waals surface area (Å²) in [4.78, 5) is 14.6. The molecule has 1 amide bonds. The minimum absolute atomic E-state index is 0.184. The summed E-state index contributed by atoms with van der Waals surface area (Å²) in [5.41, 5.74) is 8.02. The lowest BCUT2D eigenvalue weighted by atomic mass is 10.4. The molecule has 0 fully saturated rings. The van der Waals surface area contributed by atoms with Gasteiger partial charge in [0, 0.05) is 18.0 Å². The third kappa shape index (κ3) is 3.79. The van der Waals surface area contributed by atoms with Gasteiger partial charge in [-0.3, -0.25) is 4.79 Å². The summed E-state index contributed by atoms with van der Waals surface area (Å²) in [7, 11) is 0. The molecule has 0 spiro atoms. The first-order valence-electron chi connectivity index (χ1n) is 4.27. The van der Waals surface area contributed by atoms with Gasteiger partial charge >= 0.3 is 0 Å². The molecule has 0 aliphatic carbocycles. The Balaban J connectivity index is 2.31. The van der Waals surface area contributed by atoms with Crippen molar-refractivity contribution in [1.29, 1.82) is 0 Å². The minimum atomic E-state index is -0.184. The van der Waals surface area contributed by atoms with Crippen molar-refractivity contribution in [1.82, 2.24) is 5.32 Å². The molecule has 7 heteroatoms. The van der Waals surface area contributed by atoms with Gasteiger partial charge in [-0.15, -0.1) is 11.3 Å². The van der Waals surface area contributed by atoms with E-state index in [1.165, 1.54) is 11.3 Å². The van der Waals surface area contributed by atoms with Crippen LogP contribution in [0.1, 0.15) is 16.1 Å². The van der Waals surface area contributed by atoms with Gasteiger partial charge in [-0.25, -0.2) is 0 Å². The Morgan fingerprint density at radius 3 is 3.13 bits per heavy atom. The van der Waals surface area contributed by atoms with E-state index in [2.05, 4.69) is 15.3 Å². The van der Waals surface area contributed by atoms with Crippen LogP contribution < -0.4 is 5.32 Å². The van der Waals surface area contributed by atoms with Crippen LogP contribution in [0.2, 0.25) is 5.02 Å². The van der Waals surface area contributed by atoms with E-state index in [1.54, 1.807) is 11.4 Å². The fourth-order valence-electron chi connectivity index (χ4n) is 0.932. The molecule has 0 saturated carbocycles. The number of carbonyl (C=O) groups excluding carboxylic acids is 1. The van der Waals surface area contributed by atoms with E-state index in [4.69, 9.17) is 17.1 Å². The van der Waals surface area contributed by atoms with E-state index in [1.807, 2.05) is 0 Å². The predicted octanol–water partition coefficient (Wildman–Crippen LogP) is 2.83. The normalized spacial score (nSPS) is 9.40. The van der Waals surface area contributed by atoms with Crippen molar-refractivity contribution < 1.29 is 4.79 Å². The van der Waals surface area contributed by atoms with Crippen LogP contribution in [0.3, 0.4) is 0 Å². The lowest BCUT2D eigenvalue weighted by Crippen LogP contribution is -2.24. The summed E-state index contributed by atoms with van der Waals surface area (Å²) >= 11 is 7.08. The number of carbonyl (C=O) groups is 1. The summed E-state index contributed by atoms with van der Waals surface area (Å²) in [6.45, 7) is 0.862. The smallest absolute Gasteiger partial charge is 0.262 e. The van der Waals surface area contributed by atoms with Gasteiger partial charge in [0.2, 0.25) is 0 Å². The Kier molecular flexibility index (Phi) is 4.97. The molecule has 0 unspecified atom stereocenters. The number of hydrogen-bond acceptors (Lipinski definition) is 3. The standard InChI is InChI=1S/C8H9ClN4OS/c9-6-2-5-15-7(6)8(14)11-3-1-4-12-13-10/h2,5H,1,3-4H2,(H,11,14). The number of azide groups is 1. The summed E-state index contributed by atoms with van der Waals surface area (Å²) in [6, 6.07) is 1.68. The van der Waals surface area contributed by atoms with E-state index in [9.17, 15) is 4.79 Å². The third-order valence-electron chi connectivity index (χ3n) is 1.61. The Hall–Kier alpha value is -1.23. The van der Waals surface area contributed by atoms with Crippen LogP contribution in [-0.2, 0) is 0 Å². The summed E-state index contributed by atoms with van der Waals surface area (Å²) in [5, 5.41) is 8.27. The van der Waals surface area contributed by atoms with Crippen LogP contribution in [0.5, 0.6) is 0 Å². The summed E-state index contributed by atoms with van der Waals surface area (Å²) < 4.78 is 0. The molecule has 5 nitrogen and oxygen atoms in total. The fraction of sp³-hybridized carbons (Fsp3) is 0.375. The Morgan fingerprint density at radius 2 is 2.53 bits per heavy atom. The SMILES string of the molecule is [N-]=[N+]=NCCCNC(=O)c1sccc1Cl. The van der Waals surface area contributed by atoms with Gasteiger partial charge in [-0.1, -0.05) is 16.7 Å². The van der Waals surface area contributed by atoms with Crippen LogP contribution in [-0.4, -0.2) is 19.0 Å². The van der Waals surface area contributed by atoms with Crippen molar-refractivity contribution in [3.05, 3.63) is 31.8 Å². The van der Waals surface area contributed by atoms with E-state index in [0.29, 0.717) is 29.4 Å². The molecule has 0 aliphatic rings. The molecule has 1 heterocycles. The molecule has 1 aromatic rings. The first-order valence-corrected chi connectivity index (χ1v) is 5.53. The lowest BCUT2D eigenvalue weighted by molar-refractivity contribution is 0.0957. The zero-order valence-electron chi connectivity index (χ0n) is 7.81. The van der Waals surface area contributed by atoms with Crippen molar-refractivity contribution in [2.45, 2.75) is 6.42 Å². The second kappa shape index (κ2) is 6.29. The van der Waals surface area contributed by atoms with Gasteiger partial charge in [0.15, 0.2) is 0 Å². The maximum absolute atomic E-state index is 11.5. The van der Waals surface area contributed by atoms with Crippen LogP contribution in [0, 0.1) is 0 Å². The van der Waals surface area contributed by atoms with Gasteiger partial charge in [0.05, 0.1) is 5.02 Å². The molecule has 0 radical (unpaired) electrons. The Morgan fingerprint density at radius 1 is 1.73 bits per heavy atom. The van der Waals surface area contributed by atoms with Gasteiger partial charge in [-0.05, 0) is 23.4 Å². The Bertz CT molecular complexity index is 386. The lowest BCUT2D eigenvalue weighted by Gasteiger charge is -2.01. The molecule has 1 aromatic heterocycles. The highest BCUT2D eigenvalue weighted by atomic mass is 35.5. The quantitative estimate of drug-likeness (QED) is 0.368. The molecule has 0 aromatic carbocycles. The topological polar surface area (TPSA) is 77.9 Å². The monoisotopic (exact) mass is 244 g/mol. The number of nitrogens with one attached hydrogen (secondary N) is 1. The molecule has 0 atom stereocenters. The molecule has 15 heavy (non-hydrogen) atoms. The van der Waals surface area contributed by atoms with Gasteiger partial charge in [0.25, 0.3) is 5.91 Å². The van der Waals surface area contributed by atoms with Crippen LogP contribution in [0.4, 0.5) is 0 Å². The van der Waals surface area contributed by atoms with Crippen LogP contribution >= 0.6 is 22.9 Å². The maximum atomic E-state index is 11.5. The van der Waals surface area contributed by atoms with Gasteiger partial charge in [0.1, 0.15) is 4.88 Å². The van der Waals surface area contributed by atoms with Gasteiger partial charge in [-0.2, -0.15) is 0 Å². The summed E-state index contributed by atoms with van der Waals surface area (Å²) in [6.07, 6.45) is 0.624. The van der Waals surface area contributed by atoms with Crippen molar-refractivity contribution >= 4 is 28.8 Å². The predicted molar refractivity (Wildman–Crippen MR) is 60.3 cm³/mol. The average Bonchev–Trinajstić information content (AvgIpc) is 2.64. The van der Waals surface area contributed by atoms with E-state index < -0.39 is 0 Å². The van der Waals surface area contributed by atoms with Crippen LogP contribution in [0.25, 0.3) is 10.4 Å². The molecule has 0 bridgehead atoms. The molecule has 1 rings (SSSR count). The van der Waals surface area contributed by atoms with E-state index >= 15 is 0 Å². The molecule has 1 N–H and O–H groups in total. The largest absolute Gasteiger partial charge is 0.351 e. The number of nitrogens with zero attached hydrogens (tertiary/aromatic N) is 3. The summed E-state index contributed by atoms with van der Waals surface area (Å²) in [5.74, 6) is -0.184. The number of rotatable bonds is 5. The molecule has 0 saturated heterocycles. The molecule has 0 aliphatic heterocycles. The first-order chi connectivity index (χ1) is 7.25. The zero-order valence-corrected chi connectivity index (χ0v) is 9.38. The maximum Gasteiger partial charge on any atom is 0.262 e. The van der Waals surface area contributed by atoms with Crippen molar-refractivity contribution in [3.8, 4) is 0 Å². The number of thiophene rings is 1. The zero-order chi connectivity index (χ0) is 11.1. The highest BCUT2D eigenvalue weighted by molar-refractivity contribution is 7.12. The number of amides is 1. The highest BCUT2D eigenvalue weighted by Gasteiger charge is 2.10. The molecular weight excluding hydrogens is 236 g/mol. The molecule has 80 valence electrons. The van der Waals surface area contributed by atoms with Crippen LogP contribution in [0.15, 0.2) is 16.6 Å². The van der Waals surface area contributed by atoms with E-state index in [-0.39, 0.29) is 5.91 Å². The Labute approximate surface area is 95.7 Å². The molecular formula is C8H9ClN4OS. The average molecular weight is 245 g/mol. The number of hydrogen-bond donors (Lipinski definition) is 1. The second-order valence-electron chi connectivity index (χ2n) is 2.66. The van der Waals surface area contributed by atoms with Crippen molar-refractivity contribution in [3.63, 3.8) is 0 Å².